The zero-order chi connectivity index (χ0) is 33.9. The molecule has 0 amide bonds. The molecule has 0 spiro atoms. The highest BCUT2D eigenvalue weighted by Gasteiger charge is 2.13. The molecule has 0 saturated carbocycles. The third-order valence-corrected chi connectivity index (χ3v) is 11.6. The summed E-state index contributed by atoms with van der Waals surface area (Å²) in [6.45, 7) is 0. The fraction of sp³-hybridized carbons (Fsp3) is 0.0435. The summed E-state index contributed by atoms with van der Waals surface area (Å²) in [7, 11) is 4.27. The second-order valence-corrected chi connectivity index (χ2v) is 14.4. The number of nitrogens with zero attached hydrogens (tertiary/aromatic N) is 2. The summed E-state index contributed by atoms with van der Waals surface area (Å²) in [5, 5.41) is 10.2. The van der Waals surface area contributed by atoms with Crippen molar-refractivity contribution in [3.63, 3.8) is 0 Å². The minimum atomic E-state index is 1.21. The van der Waals surface area contributed by atoms with Crippen molar-refractivity contribution in [2.75, 3.05) is 23.9 Å². The molecule has 0 bridgehead atoms. The van der Waals surface area contributed by atoms with Gasteiger partial charge < -0.3 is 9.80 Å². The normalized spacial score (nSPS) is 11.0. The van der Waals surface area contributed by atoms with Gasteiger partial charge in [0, 0.05) is 40.6 Å². The lowest BCUT2D eigenvalue weighted by Gasteiger charge is -2.19. The molecule has 2 nitrogen and oxygen atoms in total. The van der Waals surface area contributed by atoms with Crippen molar-refractivity contribution in [2.24, 2.45) is 0 Å². The van der Waals surface area contributed by atoms with E-state index in [2.05, 4.69) is 200 Å². The summed E-state index contributed by atoms with van der Waals surface area (Å²) >= 11 is 3.67. The fourth-order valence-corrected chi connectivity index (χ4v) is 8.63. The Hall–Kier alpha value is -5.68. The molecule has 0 radical (unpaired) electrons. The Morgan fingerprint density at radius 1 is 0.340 bits per heavy atom. The zero-order valence-corrected chi connectivity index (χ0v) is 29.7. The number of benzene rings is 7. The summed E-state index contributed by atoms with van der Waals surface area (Å²) < 4.78 is 0. The number of fused-ring (bicyclic) bond motifs is 3. The number of hydrogen-bond acceptors (Lipinski definition) is 4. The van der Waals surface area contributed by atoms with Crippen molar-refractivity contribution in [3.8, 4) is 20.9 Å². The standard InChI is InChI=1S/C25H19NS.C21H17NS/c1-26(23-15-7-11-19-9-3-5-13-21(19)23)25-17-16-24(27-25)22-14-6-10-18-8-2-4-12-20(18)22;1-22(17-10-3-2-4-11-17)21-15-14-20(23-21)19-13-7-9-16-8-5-6-12-18(16)19/h2-17H,1H3;2-15H,1H3. The molecular formula is C46H36N2S2. The first-order valence-corrected chi connectivity index (χ1v) is 18.4. The molecule has 7 aromatic carbocycles. The molecule has 0 N–H and O–H groups in total. The summed E-state index contributed by atoms with van der Waals surface area (Å²) in [5.41, 5.74) is 5.05. The monoisotopic (exact) mass is 680 g/mol. The van der Waals surface area contributed by atoms with Crippen LogP contribution in [0.1, 0.15) is 0 Å². The summed E-state index contributed by atoms with van der Waals surface area (Å²) in [5.74, 6) is 0. The van der Waals surface area contributed by atoms with E-state index in [0.717, 1.165) is 0 Å². The van der Waals surface area contributed by atoms with Crippen LogP contribution in [0.4, 0.5) is 21.4 Å². The fourth-order valence-electron chi connectivity index (χ4n) is 6.58. The maximum atomic E-state index is 2.29. The third kappa shape index (κ3) is 6.27. The van der Waals surface area contributed by atoms with Crippen molar-refractivity contribution >= 4 is 76.4 Å². The van der Waals surface area contributed by atoms with Gasteiger partial charge in [-0.05, 0) is 80.5 Å². The van der Waals surface area contributed by atoms with Gasteiger partial charge in [-0.3, -0.25) is 0 Å². The van der Waals surface area contributed by atoms with E-state index in [9.17, 15) is 0 Å². The molecule has 4 heteroatoms. The molecule has 0 fully saturated rings. The lowest BCUT2D eigenvalue weighted by atomic mass is 10.0. The van der Waals surface area contributed by atoms with Crippen molar-refractivity contribution in [1.29, 1.82) is 0 Å². The number of rotatable bonds is 6. The van der Waals surface area contributed by atoms with Gasteiger partial charge in [0.2, 0.25) is 0 Å². The molecule has 2 heterocycles. The molecule has 2 aromatic heterocycles. The number of para-hydroxylation sites is 1. The van der Waals surface area contributed by atoms with Crippen LogP contribution < -0.4 is 9.80 Å². The maximum Gasteiger partial charge on any atom is 0.0957 e. The van der Waals surface area contributed by atoms with Crippen molar-refractivity contribution in [3.05, 3.63) is 182 Å². The van der Waals surface area contributed by atoms with Crippen LogP contribution in [0.15, 0.2) is 182 Å². The smallest absolute Gasteiger partial charge is 0.0957 e. The average Bonchev–Trinajstić information content (AvgIpc) is 3.89. The van der Waals surface area contributed by atoms with Crippen LogP contribution in [0.25, 0.3) is 53.2 Å². The van der Waals surface area contributed by atoms with E-state index >= 15 is 0 Å². The van der Waals surface area contributed by atoms with E-state index in [-0.39, 0.29) is 0 Å². The molecule has 0 aliphatic heterocycles. The largest absolute Gasteiger partial charge is 0.336 e. The van der Waals surface area contributed by atoms with Gasteiger partial charge in [-0.2, -0.15) is 0 Å². The molecule has 0 saturated heterocycles. The quantitative estimate of drug-likeness (QED) is 0.172. The summed E-state index contributed by atoms with van der Waals surface area (Å²) in [4.78, 5) is 7.13. The van der Waals surface area contributed by atoms with Crippen LogP contribution in [0, 0.1) is 0 Å². The van der Waals surface area contributed by atoms with E-state index < -0.39 is 0 Å². The second-order valence-electron chi connectivity index (χ2n) is 12.3. The van der Waals surface area contributed by atoms with Gasteiger partial charge >= 0.3 is 0 Å². The van der Waals surface area contributed by atoms with E-state index in [1.165, 1.54) is 74.6 Å². The Bertz CT molecular complexity index is 2530. The predicted octanol–water partition coefficient (Wildman–Crippen LogP) is 13.8. The zero-order valence-electron chi connectivity index (χ0n) is 28.0. The van der Waals surface area contributed by atoms with Gasteiger partial charge in [-0.1, -0.05) is 140 Å². The highest BCUT2D eigenvalue weighted by Crippen LogP contribution is 2.41. The molecule has 0 unspecified atom stereocenters. The highest BCUT2D eigenvalue weighted by atomic mass is 32.1. The maximum absolute atomic E-state index is 2.29. The minimum Gasteiger partial charge on any atom is -0.336 e. The molecule has 242 valence electrons. The first-order valence-electron chi connectivity index (χ1n) is 16.8. The summed E-state index contributed by atoms with van der Waals surface area (Å²) in [6.07, 6.45) is 0. The van der Waals surface area contributed by atoms with E-state index in [1.54, 1.807) is 0 Å². The SMILES string of the molecule is CN(c1ccc(-c2cccc3ccccc23)s1)c1cccc2ccccc12.CN(c1ccccc1)c1ccc(-c2cccc3ccccc23)s1. The molecular weight excluding hydrogens is 645 g/mol. The summed E-state index contributed by atoms with van der Waals surface area (Å²) in [6, 6.07) is 64.6. The third-order valence-electron chi connectivity index (χ3n) is 9.23. The molecule has 50 heavy (non-hydrogen) atoms. The lowest BCUT2D eigenvalue weighted by Crippen LogP contribution is -2.07. The van der Waals surface area contributed by atoms with Crippen LogP contribution in [-0.4, -0.2) is 14.1 Å². The molecule has 0 aliphatic rings. The number of hydrogen-bond donors (Lipinski definition) is 0. The van der Waals surface area contributed by atoms with Gasteiger partial charge in [-0.15, -0.1) is 22.7 Å². The van der Waals surface area contributed by atoms with Gasteiger partial charge in [0.1, 0.15) is 0 Å². The molecule has 0 aliphatic carbocycles. The lowest BCUT2D eigenvalue weighted by molar-refractivity contribution is 1.24. The molecule has 9 aromatic rings. The van der Waals surface area contributed by atoms with E-state index in [1.807, 2.05) is 28.7 Å². The number of thiophene rings is 2. The van der Waals surface area contributed by atoms with Gasteiger partial charge in [0.15, 0.2) is 0 Å². The van der Waals surface area contributed by atoms with Crippen molar-refractivity contribution in [2.45, 2.75) is 0 Å². The Labute approximate surface area is 301 Å². The molecule has 9 rings (SSSR count). The Balaban J connectivity index is 0.000000146. The Morgan fingerprint density at radius 2 is 0.760 bits per heavy atom. The average molecular weight is 681 g/mol. The van der Waals surface area contributed by atoms with Crippen LogP contribution in [0.5, 0.6) is 0 Å². The van der Waals surface area contributed by atoms with Crippen LogP contribution in [0.3, 0.4) is 0 Å². The number of anilines is 4. The van der Waals surface area contributed by atoms with E-state index in [0.29, 0.717) is 0 Å². The molecule has 0 atom stereocenters. The van der Waals surface area contributed by atoms with Crippen LogP contribution in [-0.2, 0) is 0 Å². The predicted molar refractivity (Wildman–Crippen MR) is 221 cm³/mol. The highest BCUT2D eigenvalue weighted by molar-refractivity contribution is 7.20. The first-order chi connectivity index (χ1) is 24.6. The van der Waals surface area contributed by atoms with Crippen molar-refractivity contribution in [1.82, 2.24) is 0 Å². The Kier molecular flexibility index (Phi) is 8.87. The first kappa shape index (κ1) is 31.6. The topological polar surface area (TPSA) is 6.48 Å². The second kappa shape index (κ2) is 14.0. The van der Waals surface area contributed by atoms with Crippen LogP contribution >= 0.6 is 22.7 Å². The minimum absolute atomic E-state index is 1.21. The van der Waals surface area contributed by atoms with E-state index in [4.69, 9.17) is 0 Å². The Morgan fingerprint density at radius 3 is 1.32 bits per heavy atom. The van der Waals surface area contributed by atoms with Gasteiger partial charge in [0.05, 0.1) is 10.0 Å². The van der Waals surface area contributed by atoms with Crippen molar-refractivity contribution < 1.29 is 0 Å². The van der Waals surface area contributed by atoms with Gasteiger partial charge in [0.25, 0.3) is 0 Å². The van der Waals surface area contributed by atoms with Crippen LogP contribution in [0.2, 0.25) is 0 Å². The van der Waals surface area contributed by atoms with Gasteiger partial charge in [-0.25, -0.2) is 0 Å².